The van der Waals surface area contributed by atoms with Gasteiger partial charge < -0.3 is 15.2 Å². The van der Waals surface area contributed by atoms with Crippen molar-refractivity contribution in [1.82, 2.24) is 20.1 Å². The van der Waals surface area contributed by atoms with Crippen LogP contribution in [0.3, 0.4) is 0 Å². The van der Waals surface area contributed by atoms with Crippen LogP contribution in [0.4, 0.5) is 30.2 Å². The lowest BCUT2D eigenvalue weighted by Gasteiger charge is -2.13. The number of aromatic nitrogens is 3. The van der Waals surface area contributed by atoms with E-state index in [0.717, 1.165) is 4.57 Å². The number of rotatable bonds is 6. The third kappa shape index (κ3) is 4.61. The van der Waals surface area contributed by atoms with Crippen molar-refractivity contribution in [2.45, 2.75) is 12.7 Å². The Hall–Kier alpha value is -4.42. The first-order chi connectivity index (χ1) is 15.6. The number of amides is 1. The number of hydrogen-bond donors (Lipinski definition) is 3. The molecule has 0 aliphatic heterocycles. The Labute approximate surface area is 182 Å². The minimum atomic E-state index is -4.57. The van der Waals surface area contributed by atoms with Gasteiger partial charge in [-0.3, -0.25) is 24.8 Å². The number of anilines is 2. The molecule has 0 unspecified atom stereocenters. The maximum absolute atomic E-state index is 13.0. The predicted molar refractivity (Wildman–Crippen MR) is 113 cm³/mol. The summed E-state index contributed by atoms with van der Waals surface area (Å²) in [7, 11) is 0. The van der Waals surface area contributed by atoms with Gasteiger partial charge in [0.2, 0.25) is 5.91 Å². The van der Waals surface area contributed by atoms with E-state index in [-0.39, 0.29) is 16.6 Å². The van der Waals surface area contributed by atoms with Gasteiger partial charge >= 0.3 is 6.18 Å². The highest BCUT2D eigenvalue weighted by Gasteiger charge is 2.27. The van der Waals surface area contributed by atoms with E-state index in [1.807, 2.05) is 0 Å². The number of aromatic amines is 1. The van der Waals surface area contributed by atoms with Gasteiger partial charge in [-0.05, 0) is 23.6 Å². The van der Waals surface area contributed by atoms with Crippen LogP contribution in [0.5, 0.6) is 0 Å². The molecule has 0 atom stereocenters. The Morgan fingerprint density at radius 1 is 1.21 bits per heavy atom. The second-order valence-electron chi connectivity index (χ2n) is 7.12. The maximum atomic E-state index is 13.0. The Morgan fingerprint density at radius 2 is 2.00 bits per heavy atom. The van der Waals surface area contributed by atoms with Gasteiger partial charge in [0.1, 0.15) is 18.6 Å². The summed E-state index contributed by atoms with van der Waals surface area (Å²) < 4.78 is 37.9. The Morgan fingerprint density at radius 3 is 2.73 bits per heavy atom. The number of benzene rings is 2. The molecule has 2 heterocycles. The van der Waals surface area contributed by atoms with Gasteiger partial charge in [-0.1, -0.05) is 12.1 Å². The number of halogens is 3. The molecule has 0 spiro atoms. The minimum absolute atomic E-state index is 0.165. The minimum Gasteiger partial charge on any atom is -0.355 e. The summed E-state index contributed by atoms with van der Waals surface area (Å²) in [6.45, 7) is -2.11. The second kappa shape index (κ2) is 8.26. The van der Waals surface area contributed by atoms with Crippen molar-refractivity contribution in [2.75, 3.05) is 11.9 Å². The van der Waals surface area contributed by atoms with Crippen LogP contribution >= 0.6 is 0 Å². The lowest BCUT2D eigenvalue weighted by Crippen LogP contribution is -2.37. The number of carbonyl (C=O) groups excluding carboxylic acids is 1. The molecule has 0 bridgehead atoms. The summed E-state index contributed by atoms with van der Waals surface area (Å²) in [6.07, 6.45) is -1.84. The van der Waals surface area contributed by atoms with E-state index in [1.165, 1.54) is 18.5 Å². The molecular formula is C20H15F3N6O4. The van der Waals surface area contributed by atoms with E-state index in [0.29, 0.717) is 22.1 Å². The molecule has 2 aromatic carbocycles. The molecule has 13 heteroatoms. The Bertz CT molecular complexity index is 1440. The van der Waals surface area contributed by atoms with Crippen molar-refractivity contribution in [3.05, 3.63) is 69.3 Å². The number of nitrogens with zero attached hydrogens (tertiary/aromatic N) is 3. The van der Waals surface area contributed by atoms with Gasteiger partial charge in [-0.25, -0.2) is 0 Å². The summed E-state index contributed by atoms with van der Waals surface area (Å²) in [5.74, 6) is -0.972. The molecule has 2 aromatic heterocycles. The Kier molecular flexibility index (Phi) is 5.45. The lowest BCUT2D eigenvalue weighted by molar-refractivity contribution is -0.383. The van der Waals surface area contributed by atoms with E-state index < -0.39 is 35.7 Å². The monoisotopic (exact) mass is 460 g/mol. The number of alkyl halides is 3. The van der Waals surface area contributed by atoms with Gasteiger partial charge in [0.15, 0.2) is 0 Å². The van der Waals surface area contributed by atoms with Crippen LogP contribution in [0.15, 0.2) is 53.6 Å². The van der Waals surface area contributed by atoms with Crippen molar-refractivity contribution in [3.63, 3.8) is 0 Å². The first kappa shape index (κ1) is 21.8. The summed E-state index contributed by atoms with van der Waals surface area (Å²) in [4.78, 5) is 35.7. The van der Waals surface area contributed by atoms with Gasteiger partial charge in [0.05, 0.1) is 22.2 Å². The average molecular weight is 460 g/mol. The molecule has 0 saturated heterocycles. The van der Waals surface area contributed by atoms with E-state index in [9.17, 15) is 32.9 Å². The van der Waals surface area contributed by atoms with Crippen LogP contribution in [-0.4, -0.2) is 38.3 Å². The number of nitro benzene ring substituents is 1. The molecule has 0 aliphatic rings. The summed E-state index contributed by atoms with van der Waals surface area (Å²) in [5.41, 5.74) is 0.0411. The topological polar surface area (TPSA) is 135 Å². The molecule has 170 valence electrons. The highest BCUT2D eigenvalue weighted by atomic mass is 19.4. The van der Waals surface area contributed by atoms with E-state index >= 15 is 0 Å². The fourth-order valence-corrected chi connectivity index (χ4v) is 3.38. The number of carbonyl (C=O) groups is 1. The molecule has 0 aliphatic carbocycles. The SMILES string of the molecule is O=C(Cn1ccc2cccc(Nc3cc([N+](=O)[O-])c4[nH]ncc4c3)c2c1=O)NCC(F)(F)F. The van der Waals surface area contributed by atoms with E-state index in [2.05, 4.69) is 15.5 Å². The zero-order chi connectivity index (χ0) is 23.8. The van der Waals surface area contributed by atoms with Gasteiger partial charge in [0.25, 0.3) is 11.2 Å². The van der Waals surface area contributed by atoms with Crippen molar-refractivity contribution in [3.8, 4) is 0 Å². The number of non-ortho nitro benzene ring substituents is 1. The van der Waals surface area contributed by atoms with Crippen LogP contribution < -0.4 is 16.2 Å². The third-order valence-electron chi connectivity index (χ3n) is 4.81. The van der Waals surface area contributed by atoms with Crippen molar-refractivity contribution >= 4 is 44.6 Å². The first-order valence-electron chi connectivity index (χ1n) is 9.46. The van der Waals surface area contributed by atoms with Crippen LogP contribution in [0.1, 0.15) is 0 Å². The number of H-pyrrole nitrogens is 1. The molecule has 4 aromatic rings. The second-order valence-corrected chi connectivity index (χ2v) is 7.12. The summed E-state index contributed by atoms with van der Waals surface area (Å²) >= 11 is 0. The predicted octanol–water partition coefficient (Wildman–Crippen LogP) is 3.21. The fourth-order valence-electron chi connectivity index (χ4n) is 3.38. The van der Waals surface area contributed by atoms with E-state index in [4.69, 9.17) is 0 Å². The van der Waals surface area contributed by atoms with Crippen molar-refractivity contribution in [1.29, 1.82) is 0 Å². The first-order valence-corrected chi connectivity index (χ1v) is 9.46. The van der Waals surface area contributed by atoms with Crippen LogP contribution in [0.2, 0.25) is 0 Å². The van der Waals surface area contributed by atoms with Crippen molar-refractivity contribution in [2.24, 2.45) is 0 Å². The van der Waals surface area contributed by atoms with Gasteiger partial charge in [0, 0.05) is 23.3 Å². The highest BCUT2D eigenvalue weighted by Crippen LogP contribution is 2.31. The smallest absolute Gasteiger partial charge is 0.355 e. The zero-order valence-corrected chi connectivity index (χ0v) is 16.6. The quantitative estimate of drug-likeness (QED) is 0.299. The van der Waals surface area contributed by atoms with Gasteiger partial charge in [-0.2, -0.15) is 18.3 Å². The molecule has 1 amide bonds. The number of hydrogen-bond acceptors (Lipinski definition) is 6. The fraction of sp³-hybridized carbons (Fsp3) is 0.150. The van der Waals surface area contributed by atoms with Crippen LogP contribution in [0.25, 0.3) is 21.7 Å². The Balaban J connectivity index is 1.70. The summed E-state index contributed by atoms with van der Waals surface area (Å²) in [6, 6.07) is 9.32. The molecular weight excluding hydrogens is 445 g/mol. The van der Waals surface area contributed by atoms with Crippen molar-refractivity contribution < 1.29 is 22.9 Å². The maximum Gasteiger partial charge on any atom is 0.405 e. The number of pyridine rings is 1. The van der Waals surface area contributed by atoms with Crippen LogP contribution in [0, 0.1) is 10.1 Å². The standard InChI is InChI=1S/C20H15F3N6O4/c21-20(22,23)10-24-16(30)9-28-5-4-11-2-1-3-14(17(11)19(28)31)26-13-6-12-8-25-27-18(12)15(7-13)29(32)33/h1-8,26H,9-10H2,(H,24,30)(H,25,27). The normalized spacial score (nSPS) is 11.6. The summed E-state index contributed by atoms with van der Waals surface area (Å²) in [5, 5.41) is 23.6. The molecule has 10 nitrogen and oxygen atoms in total. The molecule has 4 rings (SSSR count). The van der Waals surface area contributed by atoms with E-state index in [1.54, 1.807) is 35.6 Å². The highest BCUT2D eigenvalue weighted by molar-refractivity contribution is 5.97. The number of nitro groups is 1. The van der Waals surface area contributed by atoms with Gasteiger partial charge in [-0.15, -0.1) is 0 Å². The average Bonchev–Trinajstić information content (AvgIpc) is 3.22. The zero-order valence-electron chi connectivity index (χ0n) is 16.6. The third-order valence-corrected chi connectivity index (χ3v) is 4.81. The molecule has 33 heavy (non-hydrogen) atoms. The molecule has 3 N–H and O–H groups in total. The number of fused-ring (bicyclic) bond motifs is 2. The lowest BCUT2D eigenvalue weighted by atomic mass is 10.1. The number of nitrogens with one attached hydrogen (secondary N) is 3. The molecule has 0 saturated carbocycles. The van der Waals surface area contributed by atoms with Crippen LogP contribution in [-0.2, 0) is 11.3 Å². The largest absolute Gasteiger partial charge is 0.405 e. The molecule has 0 fully saturated rings. The molecule has 0 radical (unpaired) electrons.